The van der Waals surface area contributed by atoms with E-state index in [0.717, 1.165) is 11.1 Å². The Bertz CT molecular complexity index is 356. The molecule has 0 aliphatic rings. The average molecular weight is 206 g/mol. The molecular weight excluding hydrogens is 192 g/mol. The normalized spacial score (nSPS) is 10.5. The first kappa shape index (κ1) is 11.5. The van der Waals surface area contributed by atoms with Crippen LogP contribution in [0.3, 0.4) is 0 Å². The van der Waals surface area contributed by atoms with Gasteiger partial charge >= 0.3 is 5.97 Å². The number of benzene rings is 1. The smallest absolute Gasteiger partial charge is 0.330 e. The molecule has 1 aromatic carbocycles. The molecule has 3 heteroatoms. The number of rotatable bonds is 4. The van der Waals surface area contributed by atoms with Crippen LogP contribution in [0.4, 0.5) is 0 Å². The number of ether oxygens (including phenoxy) is 1. The number of carbonyl (C=O) groups is 1. The van der Waals surface area contributed by atoms with Crippen LogP contribution in [0.25, 0.3) is 6.08 Å². The summed E-state index contributed by atoms with van der Waals surface area (Å²) >= 11 is 0. The minimum absolute atomic E-state index is 0.0384. The SMILES string of the molecule is CCOC(=O)C=Cc1ccccc1CO. The molecule has 0 atom stereocenters. The molecule has 3 nitrogen and oxygen atoms in total. The Kier molecular flexibility index (Phi) is 4.57. The maximum atomic E-state index is 11.0. The number of carbonyl (C=O) groups excluding carboxylic acids is 1. The van der Waals surface area contributed by atoms with E-state index in [1.807, 2.05) is 24.3 Å². The number of esters is 1. The summed E-state index contributed by atoms with van der Waals surface area (Å²) in [6.45, 7) is 2.08. The summed E-state index contributed by atoms with van der Waals surface area (Å²) in [5, 5.41) is 9.04. The Morgan fingerprint density at radius 1 is 1.47 bits per heavy atom. The number of hydrogen-bond acceptors (Lipinski definition) is 3. The summed E-state index contributed by atoms with van der Waals surface area (Å²) in [5.41, 5.74) is 1.62. The highest BCUT2D eigenvalue weighted by Crippen LogP contribution is 2.10. The maximum absolute atomic E-state index is 11.0. The third kappa shape index (κ3) is 3.56. The van der Waals surface area contributed by atoms with Crippen LogP contribution in [0, 0.1) is 0 Å². The van der Waals surface area contributed by atoms with Crippen LogP contribution in [0.5, 0.6) is 0 Å². The quantitative estimate of drug-likeness (QED) is 0.603. The van der Waals surface area contributed by atoms with Crippen molar-refractivity contribution < 1.29 is 14.6 Å². The van der Waals surface area contributed by atoms with Gasteiger partial charge in [-0.25, -0.2) is 4.79 Å². The fourth-order valence-corrected chi connectivity index (χ4v) is 1.19. The number of hydrogen-bond donors (Lipinski definition) is 1. The lowest BCUT2D eigenvalue weighted by Gasteiger charge is -2.01. The number of aliphatic hydroxyl groups excluding tert-OH is 1. The predicted octanol–water partition coefficient (Wildman–Crippen LogP) is 1.76. The zero-order chi connectivity index (χ0) is 11.1. The second kappa shape index (κ2) is 5.98. The molecular formula is C12H14O3. The van der Waals surface area contributed by atoms with Gasteiger partial charge in [0.15, 0.2) is 0 Å². The lowest BCUT2D eigenvalue weighted by Crippen LogP contribution is -1.99. The Morgan fingerprint density at radius 3 is 2.87 bits per heavy atom. The van der Waals surface area contributed by atoms with Gasteiger partial charge in [-0.05, 0) is 24.1 Å². The van der Waals surface area contributed by atoms with Crippen molar-refractivity contribution in [1.82, 2.24) is 0 Å². The topological polar surface area (TPSA) is 46.5 Å². The van der Waals surface area contributed by atoms with Crippen LogP contribution < -0.4 is 0 Å². The monoisotopic (exact) mass is 206 g/mol. The molecule has 0 aromatic heterocycles. The van der Waals surface area contributed by atoms with E-state index in [1.54, 1.807) is 13.0 Å². The highest BCUT2D eigenvalue weighted by Gasteiger charge is 1.98. The molecule has 0 amide bonds. The van der Waals surface area contributed by atoms with Crippen molar-refractivity contribution in [3.63, 3.8) is 0 Å². The van der Waals surface area contributed by atoms with Gasteiger partial charge < -0.3 is 9.84 Å². The first-order chi connectivity index (χ1) is 7.27. The van der Waals surface area contributed by atoms with Gasteiger partial charge in [-0.3, -0.25) is 0 Å². The lowest BCUT2D eigenvalue weighted by atomic mass is 10.1. The van der Waals surface area contributed by atoms with Crippen LogP contribution in [0.15, 0.2) is 30.3 Å². The van der Waals surface area contributed by atoms with E-state index in [-0.39, 0.29) is 12.6 Å². The van der Waals surface area contributed by atoms with E-state index in [0.29, 0.717) is 6.61 Å². The van der Waals surface area contributed by atoms with Crippen LogP contribution in [-0.4, -0.2) is 17.7 Å². The van der Waals surface area contributed by atoms with E-state index in [4.69, 9.17) is 9.84 Å². The van der Waals surface area contributed by atoms with Crippen molar-refractivity contribution in [2.24, 2.45) is 0 Å². The molecule has 1 N–H and O–H groups in total. The standard InChI is InChI=1S/C12H14O3/c1-2-15-12(14)8-7-10-5-3-4-6-11(10)9-13/h3-8,13H,2,9H2,1H3. The van der Waals surface area contributed by atoms with Crippen molar-refractivity contribution in [3.05, 3.63) is 41.5 Å². The summed E-state index contributed by atoms with van der Waals surface area (Å²) in [7, 11) is 0. The molecule has 0 fully saturated rings. The van der Waals surface area contributed by atoms with Gasteiger partial charge in [0.1, 0.15) is 0 Å². The summed E-state index contributed by atoms with van der Waals surface area (Å²) in [5.74, 6) is -0.370. The van der Waals surface area contributed by atoms with Crippen molar-refractivity contribution in [1.29, 1.82) is 0 Å². The van der Waals surface area contributed by atoms with Crippen molar-refractivity contribution in [2.45, 2.75) is 13.5 Å². The van der Waals surface area contributed by atoms with E-state index in [1.165, 1.54) is 6.08 Å². The van der Waals surface area contributed by atoms with Gasteiger partial charge in [0.2, 0.25) is 0 Å². The molecule has 1 aromatic rings. The highest BCUT2D eigenvalue weighted by atomic mass is 16.5. The fraction of sp³-hybridized carbons (Fsp3) is 0.250. The van der Waals surface area contributed by atoms with E-state index in [2.05, 4.69) is 0 Å². The molecule has 0 saturated heterocycles. The summed E-state index contributed by atoms with van der Waals surface area (Å²) in [6, 6.07) is 7.34. The molecule has 0 unspecified atom stereocenters. The van der Waals surface area contributed by atoms with E-state index >= 15 is 0 Å². The molecule has 0 radical (unpaired) electrons. The third-order valence-electron chi connectivity index (χ3n) is 1.91. The Labute approximate surface area is 89.0 Å². The summed E-state index contributed by atoms with van der Waals surface area (Å²) < 4.78 is 4.75. The first-order valence-corrected chi connectivity index (χ1v) is 4.81. The highest BCUT2D eigenvalue weighted by molar-refractivity contribution is 5.87. The van der Waals surface area contributed by atoms with Gasteiger partial charge in [-0.2, -0.15) is 0 Å². The minimum Gasteiger partial charge on any atom is -0.463 e. The van der Waals surface area contributed by atoms with E-state index < -0.39 is 0 Å². The largest absolute Gasteiger partial charge is 0.463 e. The molecule has 1 rings (SSSR count). The second-order valence-corrected chi connectivity index (χ2v) is 2.94. The molecule has 0 aliphatic heterocycles. The predicted molar refractivity (Wildman–Crippen MR) is 58.0 cm³/mol. The average Bonchev–Trinajstić information content (AvgIpc) is 2.27. The number of aliphatic hydroxyl groups is 1. The Morgan fingerprint density at radius 2 is 2.20 bits per heavy atom. The van der Waals surface area contributed by atoms with Crippen molar-refractivity contribution >= 4 is 12.0 Å². The van der Waals surface area contributed by atoms with Gasteiger partial charge in [-0.1, -0.05) is 24.3 Å². The van der Waals surface area contributed by atoms with Crippen molar-refractivity contribution in [3.8, 4) is 0 Å². The molecule has 0 saturated carbocycles. The van der Waals surface area contributed by atoms with Gasteiger partial charge in [0, 0.05) is 6.08 Å². The summed E-state index contributed by atoms with van der Waals surface area (Å²) in [6.07, 6.45) is 3.00. The zero-order valence-electron chi connectivity index (χ0n) is 8.64. The minimum atomic E-state index is -0.370. The Balaban J connectivity index is 2.75. The van der Waals surface area contributed by atoms with Crippen LogP contribution >= 0.6 is 0 Å². The molecule has 80 valence electrons. The zero-order valence-corrected chi connectivity index (χ0v) is 8.64. The molecule has 0 heterocycles. The molecule has 0 bridgehead atoms. The van der Waals surface area contributed by atoms with Crippen molar-refractivity contribution in [2.75, 3.05) is 6.61 Å². The van der Waals surface area contributed by atoms with Crippen LogP contribution in [0.2, 0.25) is 0 Å². The summed E-state index contributed by atoms with van der Waals surface area (Å²) in [4.78, 5) is 11.0. The molecule has 0 aliphatic carbocycles. The van der Waals surface area contributed by atoms with Gasteiger partial charge in [-0.15, -0.1) is 0 Å². The second-order valence-electron chi connectivity index (χ2n) is 2.94. The first-order valence-electron chi connectivity index (χ1n) is 4.81. The van der Waals surface area contributed by atoms with Crippen LogP contribution in [0.1, 0.15) is 18.1 Å². The fourth-order valence-electron chi connectivity index (χ4n) is 1.19. The van der Waals surface area contributed by atoms with E-state index in [9.17, 15) is 4.79 Å². The van der Waals surface area contributed by atoms with Gasteiger partial charge in [0.05, 0.1) is 13.2 Å². The maximum Gasteiger partial charge on any atom is 0.330 e. The lowest BCUT2D eigenvalue weighted by molar-refractivity contribution is -0.137. The molecule has 0 spiro atoms. The Hall–Kier alpha value is -1.61. The third-order valence-corrected chi connectivity index (χ3v) is 1.91. The van der Waals surface area contributed by atoms with Gasteiger partial charge in [0.25, 0.3) is 0 Å². The van der Waals surface area contributed by atoms with Crippen LogP contribution in [-0.2, 0) is 16.1 Å². The molecule has 15 heavy (non-hydrogen) atoms.